The Labute approximate surface area is 204 Å². The van der Waals surface area contributed by atoms with Gasteiger partial charge >= 0.3 is 0 Å². The fraction of sp³-hybridized carbons (Fsp3) is 0.129. The number of para-hydroxylation sites is 1. The van der Waals surface area contributed by atoms with E-state index in [1.165, 1.54) is 44.1 Å². The molecule has 4 nitrogen and oxygen atoms in total. The summed E-state index contributed by atoms with van der Waals surface area (Å²) in [5, 5.41) is 5.70. The van der Waals surface area contributed by atoms with Crippen molar-refractivity contribution in [3.05, 3.63) is 109 Å². The molecule has 1 atom stereocenters. The van der Waals surface area contributed by atoms with Gasteiger partial charge in [-0.1, -0.05) is 37.3 Å². The Kier molecular flexibility index (Phi) is 4.52. The molecule has 0 spiro atoms. The zero-order chi connectivity index (χ0) is 23.4. The zero-order valence-electron chi connectivity index (χ0n) is 19.5. The van der Waals surface area contributed by atoms with Crippen molar-refractivity contribution >= 4 is 27.4 Å². The van der Waals surface area contributed by atoms with Crippen LogP contribution in [0.1, 0.15) is 24.0 Å². The predicted octanol–water partition coefficient (Wildman–Crippen LogP) is 6.84. The molecule has 5 aromatic rings. The second kappa shape index (κ2) is 7.88. The maximum Gasteiger partial charge on any atom is 0.132 e. The molecule has 1 N–H and O–H groups in total. The summed E-state index contributed by atoms with van der Waals surface area (Å²) in [5.41, 5.74) is 9.54. The highest BCUT2D eigenvalue weighted by molar-refractivity contribution is 6.13. The molecule has 0 saturated heterocycles. The fourth-order valence-corrected chi connectivity index (χ4v) is 5.45. The van der Waals surface area contributed by atoms with Crippen LogP contribution in [0.25, 0.3) is 44.2 Å². The minimum Gasteiger partial charge on any atom is -0.492 e. The van der Waals surface area contributed by atoms with Gasteiger partial charge in [-0.15, -0.1) is 0 Å². The number of hydrogen-bond donors (Lipinski definition) is 1. The van der Waals surface area contributed by atoms with Crippen molar-refractivity contribution in [3.63, 3.8) is 0 Å². The number of hydrogen-bond acceptors (Lipinski definition) is 3. The number of pyridine rings is 1. The molecule has 4 heteroatoms. The number of fused-ring (bicyclic) bond motifs is 5. The van der Waals surface area contributed by atoms with Crippen molar-refractivity contribution in [1.82, 2.24) is 14.9 Å². The summed E-state index contributed by atoms with van der Waals surface area (Å²) in [6, 6.07) is 24.2. The predicted molar refractivity (Wildman–Crippen MR) is 143 cm³/mol. The Morgan fingerprint density at radius 1 is 0.914 bits per heavy atom. The summed E-state index contributed by atoms with van der Waals surface area (Å²) in [6.07, 6.45) is 10.1. The highest BCUT2D eigenvalue weighted by atomic mass is 16.5. The monoisotopic (exact) mass is 455 g/mol. The lowest BCUT2D eigenvalue weighted by Gasteiger charge is -2.16. The van der Waals surface area contributed by atoms with Crippen LogP contribution in [0.15, 0.2) is 97.5 Å². The number of dihydropyridines is 1. The first kappa shape index (κ1) is 20.1. The number of benzene rings is 3. The van der Waals surface area contributed by atoms with Crippen molar-refractivity contribution in [2.75, 3.05) is 13.2 Å². The van der Waals surface area contributed by atoms with Crippen molar-refractivity contribution in [3.8, 4) is 22.6 Å². The summed E-state index contributed by atoms with van der Waals surface area (Å²) in [5.74, 6) is 1.45. The summed E-state index contributed by atoms with van der Waals surface area (Å²) in [7, 11) is 0. The molecule has 4 heterocycles. The molecular weight excluding hydrogens is 430 g/mol. The minimum atomic E-state index is 0.414. The van der Waals surface area contributed by atoms with Crippen molar-refractivity contribution in [2.24, 2.45) is 0 Å². The van der Waals surface area contributed by atoms with E-state index in [2.05, 4.69) is 101 Å². The SMILES string of the molecule is CC1COc2c1ccc1c2c2ccccc2n1-c1cc(C2=CCNC=C2)cc(-c2ccncc2)c1. The van der Waals surface area contributed by atoms with Crippen LogP contribution in [0.4, 0.5) is 0 Å². The van der Waals surface area contributed by atoms with Gasteiger partial charge in [-0.2, -0.15) is 0 Å². The largest absolute Gasteiger partial charge is 0.492 e. The highest BCUT2D eigenvalue weighted by Gasteiger charge is 2.26. The minimum absolute atomic E-state index is 0.414. The van der Waals surface area contributed by atoms with Gasteiger partial charge in [0.1, 0.15) is 5.75 Å². The second-order valence-corrected chi connectivity index (χ2v) is 9.35. The molecule has 0 radical (unpaired) electrons. The number of nitrogens with one attached hydrogen (secondary N) is 1. The Balaban J connectivity index is 1.55. The molecule has 2 aliphatic rings. The molecule has 3 aromatic carbocycles. The van der Waals surface area contributed by atoms with E-state index >= 15 is 0 Å². The molecule has 0 saturated carbocycles. The summed E-state index contributed by atoms with van der Waals surface area (Å²) in [6.45, 7) is 3.81. The van der Waals surface area contributed by atoms with Crippen molar-refractivity contribution < 1.29 is 4.74 Å². The molecule has 170 valence electrons. The van der Waals surface area contributed by atoms with Crippen LogP contribution >= 0.6 is 0 Å². The molecule has 7 rings (SSSR count). The van der Waals surface area contributed by atoms with Crippen molar-refractivity contribution in [1.29, 1.82) is 0 Å². The zero-order valence-corrected chi connectivity index (χ0v) is 19.5. The van der Waals surface area contributed by atoms with Gasteiger partial charge < -0.3 is 14.6 Å². The van der Waals surface area contributed by atoms with Gasteiger partial charge in [0.05, 0.1) is 23.0 Å². The standard InChI is InChI=1S/C31H25N3O/c1-20-19-35-31-26(20)6-7-29-30(31)27-4-2-3-5-28(27)34(29)25-17-23(21-8-12-32-13-9-21)16-24(18-25)22-10-14-33-15-11-22/h2-14,16-18,20,33H,15,19H2,1H3. The Hall–Kier alpha value is -4.31. The molecule has 0 amide bonds. The van der Waals surface area contributed by atoms with Crippen LogP contribution in [0.5, 0.6) is 5.75 Å². The molecule has 35 heavy (non-hydrogen) atoms. The molecular formula is C31H25N3O. The molecule has 0 fully saturated rings. The van der Waals surface area contributed by atoms with Crippen molar-refractivity contribution in [2.45, 2.75) is 12.8 Å². The summed E-state index contributed by atoms with van der Waals surface area (Å²) in [4.78, 5) is 4.23. The number of aromatic nitrogens is 2. The number of allylic oxidation sites excluding steroid dienone is 2. The van der Waals surface area contributed by atoms with E-state index < -0.39 is 0 Å². The van der Waals surface area contributed by atoms with E-state index in [0.29, 0.717) is 5.92 Å². The second-order valence-electron chi connectivity index (χ2n) is 9.35. The van der Waals surface area contributed by atoms with Gasteiger partial charge in [-0.3, -0.25) is 4.98 Å². The first-order valence-corrected chi connectivity index (χ1v) is 12.1. The Morgan fingerprint density at radius 2 is 1.77 bits per heavy atom. The quantitative estimate of drug-likeness (QED) is 0.324. The third-order valence-electron chi connectivity index (χ3n) is 7.17. The smallest absolute Gasteiger partial charge is 0.132 e. The van der Waals surface area contributed by atoms with E-state index in [1.54, 1.807) is 0 Å². The third-order valence-corrected chi connectivity index (χ3v) is 7.17. The molecule has 0 aliphatic carbocycles. The Morgan fingerprint density at radius 3 is 2.63 bits per heavy atom. The van der Waals surface area contributed by atoms with E-state index in [0.717, 1.165) is 30.2 Å². The van der Waals surface area contributed by atoms with Gasteiger partial charge in [-0.05, 0) is 77.0 Å². The fourth-order valence-electron chi connectivity index (χ4n) is 5.45. The van der Waals surface area contributed by atoms with Crippen LogP contribution < -0.4 is 10.1 Å². The summed E-state index contributed by atoms with van der Waals surface area (Å²) >= 11 is 0. The summed E-state index contributed by atoms with van der Waals surface area (Å²) < 4.78 is 8.63. The third kappa shape index (κ3) is 3.17. The van der Waals surface area contributed by atoms with Gasteiger partial charge in [0.15, 0.2) is 0 Å². The first-order valence-electron chi connectivity index (χ1n) is 12.1. The first-order chi connectivity index (χ1) is 17.3. The van der Waals surface area contributed by atoms with Crippen LogP contribution in [0.3, 0.4) is 0 Å². The molecule has 1 unspecified atom stereocenters. The lowest BCUT2D eigenvalue weighted by molar-refractivity contribution is 0.340. The number of rotatable bonds is 3. The van der Waals surface area contributed by atoms with Crippen LogP contribution in [0.2, 0.25) is 0 Å². The average Bonchev–Trinajstić information content (AvgIpc) is 3.47. The average molecular weight is 456 g/mol. The number of nitrogens with zero attached hydrogens (tertiary/aromatic N) is 2. The number of ether oxygens (including phenoxy) is 1. The lowest BCUT2D eigenvalue weighted by Crippen LogP contribution is -2.08. The van der Waals surface area contributed by atoms with E-state index in [-0.39, 0.29) is 0 Å². The van der Waals surface area contributed by atoms with Gasteiger partial charge in [0, 0.05) is 41.5 Å². The Bertz CT molecular complexity index is 1660. The van der Waals surface area contributed by atoms with E-state index in [4.69, 9.17) is 4.74 Å². The van der Waals surface area contributed by atoms with Gasteiger partial charge in [0.25, 0.3) is 0 Å². The molecule has 2 aromatic heterocycles. The van der Waals surface area contributed by atoms with Crippen LogP contribution in [-0.2, 0) is 0 Å². The van der Waals surface area contributed by atoms with Gasteiger partial charge in [-0.25, -0.2) is 0 Å². The maximum atomic E-state index is 6.25. The maximum absolute atomic E-state index is 6.25. The lowest BCUT2D eigenvalue weighted by atomic mass is 9.97. The molecule has 0 bridgehead atoms. The van der Waals surface area contributed by atoms with Crippen LogP contribution in [-0.4, -0.2) is 22.7 Å². The molecule has 2 aliphatic heterocycles. The van der Waals surface area contributed by atoms with E-state index in [1.807, 2.05) is 18.6 Å². The van der Waals surface area contributed by atoms with Crippen LogP contribution in [0, 0.1) is 0 Å². The van der Waals surface area contributed by atoms with Gasteiger partial charge in [0.2, 0.25) is 0 Å². The normalized spacial score (nSPS) is 16.7. The highest BCUT2D eigenvalue weighted by Crippen LogP contribution is 2.45. The van der Waals surface area contributed by atoms with E-state index in [9.17, 15) is 0 Å². The topological polar surface area (TPSA) is 39.1 Å².